The fourth-order valence-corrected chi connectivity index (χ4v) is 2.10. The monoisotopic (exact) mass is 205 g/mol. The lowest BCUT2D eigenvalue weighted by Crippen LogP contribution is -2.26. The molecule has 1 aliphatic heterocycles. The number of aryl methyl sites for hydroxylation is 2. The molecule has 0 aromatic heterocycles. The van der Waals surface area contributed by atoms with Crippen LogP contribution in [-0.4, -0.2) is 18.8 Å². The van der Waals surface area contributed by atoms with Crippen LogP contribution in [0.3, 0.4) is 0 Å². The van der Waals surface area contributed by atoms with Crippen molar-refractivity contribution in [2.45, 2.75) is 39.3 Å². The van der Waals surface area contributed by atoms with Crippen molar-refractivity contribution in [2.75, 3.05) is 11.9 Å². The molecule has 2 atom stereocenters. The molecule has 0 saturated carbocycles. The SMILES string of the molecule is Cc1ccc(N[C@@H]2CCO[C@@H]2C)c(C)c1. The summed E-state index contributed by atoms with van der Waals surface area (Å²) < 4.78 is 5.54. The lowest BCUT2D eigenvalue weighted by molar-refractivity contribution is 0.121. The number of hydrogen-bond donors (Lipinski definition) is 1. The zero-order valence-corrected chi connectivity index (χ0v) is 9.71. The van der Waals surface area contributed by atoms with E-state index in [1.165, 1.54) is 16.8 Å². The molecule has 0 radical (unpaired) electrons. The Morgan fingerprint density at radius 3 is 2.73 bits per heavy atom. The van der Waals surface area contributed by atoms with E-state index in [0.29, 0.717) is 12.1 Å². The third-order valence-corrected chi connectivity index (χ3v) is 3.10. The molecule has 0 unspecified atom stereocenters. The van der Waals surface area contributed by atoms with Crippen molar-refractivity contribution >= 4 is 5.69 Å². The molecule has 1 saturated heterocycles. The molecule has 0 amide bonds. The molecule has 0 aliphatic carbocycles. The van der Waals surface area contributed by atoms with E-state index in [9.17, 15) is 0 Å². The number of benzene rings is 1. The van der Waals surface area contributed by atoms with Crippen LogP contribution in [0.1, 0.15) is 24.5 Å². The lowest BCUT2D eigenvalue weighted by atomic mass is 10.1. The van der Waals surface area contributed by atoms with Crippen LogP contribution < -0.4 is 5.32 Å². The third kappa shape index (κ3) is 2.32. The van der Waals surface area contributed by atoms with Gasteiger partial charge in [0.05, 0.1) is 12.1 Å². The average molecular weight is 205 g/mol. The van der Waals surface area contributed by atoms with E-state index in [0.717, 1.165) is 13.0 Å². The molecule has 1 fully saturated rings. The fraction of sp³-hybridized carbons (Fsp3) is 0.538. The van der Waals surface area contributed by atoms with Gasteiger partial charge in [0.15, 0.2) is 0 Å². The molecular weight excluding hydrogens is 186 g/mol. The van der Waals surface area contributed by atoms with Crippen LogP contribution in [0, 0.1) is 13.8 Å². The summed E-state index contributed by atoms with van der Waals surface area (Å²) in [7, 11) is 0. The van der Waals surface area contributed by atoms with Crippen LogP contribution in [0.25, 0.3) is 0 Å². The van der Waals surface area contributed by atoms with Crippen LogP contribution in [-0.2, 0) is 4.74 Å². The Morgan fingerprint density at radius 1 is 1.33 bits per heavy atom. The molecular formula is C13H19NO. The number of hydrogen-bond acceptors (Lipinski definition) is 2. The van der Waals surface area contributed by atoms with Crippen LogP contribution in [0.2, 0.25) is 0 Å². The van der Waals surface area contributed by atoms with Gasteiger partial charge in [0.25, 0.3) is 0 Å². The molecule has 1 aliphatic rings. The molecule has 0 spiro atoms. The summed E-state index contributed by atoms with van der Waals surface area (Å²) in [5.74, 6) is 0. The highest BCUT2D eigenvalue weighted by molar-refractivity contribution is 5.52. The van der Waals surface area contributed by atoms with Gasteiger partial charge in [-0.05, 0) is 38.8 Å². The summed E-state index contributed by atoms with van der Waals surface area (Å²) in [6.45, 7) is 7.28. The molecule has 2 rings (SSSR count). The van der Waals surface area contributed by atoms with Gasteiger partial charge in [-0.1, -0.05) is 17.7 Å². The summed E-state index contributed by atoms with van der Waals surface area (Å²) in [6.07, 6.45) is 1.43. The maximum atomic E-state index is 5.54. The highest BCUT2D eigenvalue weighted by Gasteiger charge is 2.23. The van der Waals surface area contributed by atoms with Gasteiger partial charge in [-0.25, -0.2) is 0 Å². The first-order valence-electron chi connectivity index (χ1n) is 5.62. The van der Waals surface area contributed by atoms with Gasteiger partial charge in [-0.15, -0.1) is 0 Å². The number of nitrogens with one attached hydrogen (secondary N) is 1. The predicted molar refractivity (Wildman–Crippen MR) is 63.4 cm³/mol. The van der Waals surface area contributed by atoms with E-state index < -0.39 is 0 Å². The van der Waals surface area contributed by atoms with Gasteiger partial charge < -0.3 is 10.1 Å². The second kappa shape index (κ2) is 4.23. The Balaban J connectivity index is 2.10. The minimum Gasteiger partial charge on any atom is -0.379 e. The van der Waals surface area contributed by atoms with Crippen LogP contribution in [0.15, 0.2) is 18.2 Å². The molecule has 82 valence electrons. The topological polar surface area (TPSA) is 21.3 Å². The van der Waals surface area contributed by atoms with Crippen molar-refractivity contribution in [1.82, 2.24) is 0 Å². The highest BCUT2D eigenvalue weighted by Crippen LogP contribution is 2.22. The van der Waals surface area contributed by atoms with Crippen molar-refractivity contribution in [1.29, 1.82) is 0 Å². The first-order valence-corrected chi connectivity index (χ1v) is 5.62. The Labute approximate surface area is 91.6 Å². The van der Waals surface area contributed by atoms with E-state index in [1.54, 1.807) is 0 Å². The van der Waals surface area contributed by atoms with Gasteiger partial charge in [-0.3, -0.25) is 0 Å². The van der Waals surface area contributed by atoms with Crippen LogP contribution in [0.4, 0.5) is 5.69 Å². The van der Waals surface area contributed by atoms with E-state index in [4.69, 9.17) is 4.74 Å². The zero-order valence-electron chi connectivity index (χ0n) is 9.71. The molecule has 2 nitrogen and oxygen atoms in total. The van der Waals surface area contributed by atoms with Gasteiger partial charge >= 0.3 is 0 Å². The maximum absolute atomic E-state index is 5.54. The van der Waals surface area contributed by atoms with E-state index in [-0.39, 0.29) is 0 Å². The predicted octanol–water partition coefficient (Wildman–Crippen LogP) is 2.89. The third-order valence-electron chi connectivity index (χ3n) is 3.10. The van der Waals surface area contributed by atoms with E-state index in [1.807, 2.05) is 0 Å². The maximum Gasteiger partial charge on any atom is 0.0748 e. The van der Waals surface area contributed by atoms with Crippen molar-refractivity contribution < 1.29 is 4.74 Å². The van der Waals surface area contributed by atoms with Crippen molar-refractivity contribution in [3.8, 4) is 0 Å². The number of rotatable bonds is 2. The summed E-state index contributed by atoms with van der Waals surface area (Å²) >= 11 is 0. The summed E-state index contributed by atoms with van der Waals surface area (Å²) in [5, 5.41) is 3.56. The van der Waals surface area contributed by atoms with Gasteiger partial charge in [-0.2, -0.15) is 0 Å². The Hall–Kier alpha value is -1.02. The average Bonchev–Trinajstić information content (AvgIpc) is 2.57. The van der Waals surface area contributed by atoms with Crippen LogP contribution >= 0.6 is 0 Å². The summed E-state index contributed by atoms with van der Waals surface area (Å²) in [4.78, 5) is 0. The summed E-state index contributed by atoms with van der Waals surface area (Å²) in [6, 6.07) is 6.99. The van der Waals surface area contributed by atoms with Gasteiger partial charge in [0, 0.05) is 12.3 Å². The first-order chi connectivity index (χ1) is 7.16. The lowest BCUT2D eigenvalue weighted by Gasteiger charge is -2.19. The van der Waals surface area contributed by atoms with Gasteiger partial charge in [0.2, 0.25) is 0 Å². The van der Waals surface area contributed by atoms with Crippen LogP contribution in [0.5, 0.6) is 0 Å². The van der Waals surface area contributed by atoms with E-state index in [2.05, 4.69) is 44.3 Å². The Bertz CT molecular complexity index is 348. The Kier molecular flexibility index (Phi) is 2.96. The molecule has 1 N–H and O–H groups in total. The standard InChI is InChI=1S/C13H19NO/c1-9-4-5-12(10(2)8-9)14-13-6-7-15-11(13)3/h4-5,8,11,13-14H,6-7H2,1-3H3/t11-,13-/m1/s1. The molecule has 1 aromatic rings. The molecule has 1 aromatic carbocycles. The molecule has 0 bridgehead atoms. The van der Waals surface area contributed by atoms with E-state index >= 15 is 0 Å². The Morgan fingerprint density at radius 2 is 2.13 bits per heavy atom. The number of ether oxygens (including phenoxy) is 1. The fourth-order valence-electron chi connectivity index (χ4n) is 2.10. The van der Waals surface area contributed by atoms with Crippen molar-refractivity contribution in [3.05, 3.63) is 29.3 Å². The normalized spacial score (nSPS) is 25.5. The number of anilines is 1. The smallest absolute Gasteiger partial charge is 0.0748 e. The largest absolute Gasteiger partial charge is 0.379 e. The highest BCUT2D eigenvalue weighted by atomic mass is 16.5. The molecule has 15 heavy (non-hydrogen) atoms. The quantitative estimate of drug-likeness (QED) is 0.801. The van der Waals surface area contributed by atoms with Gasteiger partial charge in [0.1, 0.15) is 0 Å². The minimum absolute atomic E-state index is 0.325. The summed E-state index contributed by atoms with van der Waals surface area (Å²) in [5.41, 5.74) is 3.87. The van der Waals surface area contributed by atoms with Crippen molar-refractivity contribution in [3.63, 3.8) is 0 Å². The minimum atomic E-state index is 0.325. The second-order valence-corrected chi connectivity index (χ2v) is 4.43. The molecule has 1 heterocycles. The zero-order chi connectivity index (χ0) is 10.8. The van der Waals surface area contributed by atoms with Crippen molar-refractivity contribution in [2.24, 2.45) is 0 Å². The molecule has 2 heteroatoms. The second-order valence-electron chi connectivity index (χ2n) is 4.43. The first kappa shape index (κ1) is 10.5.